The number of likely N-dealkylation sites (N-methyl/N-ethyl adjacent to an activating group) is 1. The van der Waals surface area contributed by atoms with E-state index in [1.807, 2.05) is 0 Å². The zero-order chi connectivity index (χ0) is 15.0. The number of terminal acetylenes is 1. The second-order valence-electron chi connectivity index (χ2n) is 5.76. The molecular formula is C15H28N4O. The molecule has 1 heterocycles. The van der Waals surface area contributed by atoms with Gasteiger partial charge in [-0.05, 0) is 13.0 Å². The second-order valence-corrected chi connectivity index (χ2v) is 5.76. The van der Waals surface area contributed by atoms with Gasteiger partial charge in [0.2, 0.25) is 5.91 Å². The molecular weight excluding hydrogens is 252 g/mol. The summed E-state index contributed by atoms with van der Waals surface area (Å²) in [6, 6.07) is 0.403. The third-order valence-corrected chi connectivity index (χ3v) is 3.80. The molecule has 0 aromatic heterocycles. The number of nitrogens with one attached hydrogen (secondary N) is 2. The van der Waals surface area contributed by atoms with E-state index in [2.05, 4.69) is 47.2 Å². The van der Waals surface area contributed by atoms with Gasteiger partial charge in [-0.1, -0.05) is 19.8 Å². The van der Waals surface area contributed by atoms with Crippen molar-refractivity contribution in [2.45, 2.75) is 19.9 Å². The topological polar surface area (TPSA) is 47.6 Å². The van der Waals surface area contributed by atoms with Crippen molar-refractivity contribution >= 4 is 5.91 Å². The second kappa shape index (κ2) is 8.96. The first-order valence-corrected chi connectivity index (χ1v) is 7.38. The van der Waals surface area contributed by atoms with Crippen molar-refractivity contribution in [1.29, 1.82) is 0 Å². The average molecular weight is 280 g/mol. The molecule has 0 bridgehead atoms. The minimum atomic E-state index is 0.0139. The van der Waals surface area contributed by atoms with Crippen LogP contribution in [0.5, 0.6) is 0 Å². The molecule has 1 saturated heterocycles. The lowest BCUT2D eigenvalue weighted by molar-refractivity contribution is -0.120. The standard InChI is InChI=1S/C15H28N4O/c1-5-6-16-12-15(20)17-11-14(13(2)3)19-9-7-18(4)8-10-19/h1,13-14,16H,6-12H2,2-4H3,(H,17,20). The molecule has 0 aromatic rings. The highest BCUT2D eigenvalue weighted by Gasteiger charge is 2.25. The van der Waals surface area contributed by atoms with E-state index in [9.17, 15) is 4.79 Å². The van der Waals surface area contributed by atoms with Crippen molar-refractivity contribution in [2.24, 2.45) is 5.92 Å². The molecule has 0 aromatic carbocycles. The molecule has 5 heteroatoms. The average Bonchev–Trinajstić information content (AvgIpc) is 2.41. The van der Waals surface area contributed by atoms with E-state index in [-0.39, 0.29) is 12.5 Å². The number of hydrogen-bond acceptors (Lipinski definition) is 4. The van der Waals surface area contributed by atoms with Crippen molar-refractivity contribution in [1.82, 2.24) is 20.4 Å². The van der Waals surface area contributed by atoms with Crippen molar-refractivity contribution in [3.05, 3.63) is 0 Å². The summed E-state index contributed by atoms with van der Waals surface area (Å²) in [5.74, 6) is 3.00. The molecule has 0 aliphatic carbocycles. The molecule has 114 valence electrons. The lowest BCUT2D eigenvalue weighted by Crippen LogP contribution is -2.54. The van der Waals surface area contributed by atoms with E-state index in [4.69, 9.17) is 6.42 Å². The molecule has 0 saturated carbocycles. The summed E-state index contributed by atoms with van der Waals surface area (Å²) in [5, 5.41) is 5.91. The number of hydrogen-bond donors (Lipinski definition) is 2. The summed E-state index contributed by atoms with van der Waals surface area (Å²) >= 11 is 0. The van der Waals surface area contributed by atoms with Crippen LogP contribution in [0.25, 0.3) is 0 Å². The molecule has 1 fully saturated rings. The number of amides is 1. The smallest absolute Gasteiger partial charge is 0.234 e. The Kier molecular flexibility index (Phi) is 7.60. The zero-order valence-electron chi connectivity index (χ0n) is 13.0. The van der Waals surface area contributed by atoms with Gasteiger partial charge < -0.3 is 10.2 Å². The maximum Gasteiger partial charge on any atom is 0.234 e. The Morgan fingerprint density at radius 1 is 1.30 bits per heavy atom. The van der Waals surface area contributed by atoms with Gasteiger partial charge in [-0.3, -0.25) is 15.0 Å². The summed E-state index contributed by atoms with van der Waals surface area (Å²) in [4.78, 5) is 16.5. The van der Waals surface area contributed by atoms with Crippen LogP contribution in [-0.2, 0) is 4.79 Å². The van der Waals surface area contributed by atoms with Gasteiger partial charge >= 0.3 is 0 Å². The van der Waals surface area contributed by atoms with Crippen LogP contribution in [0.15, 0.2) is 0 Å². The van der Waals surface area contributed by atoms with E-state index >= 15 is 0 Å². The highest BCUT2D eigenvalue weighted by Crippen LogP contribution is 2.12. The Morgan fingerprint density at radius 2 is 1.95 bits per heavy atom. The molecule has 5 nitrogen and oxygen atoms in total. The molecule has 0 radical (unpaired) electrons. The molecule has 0 spiro atoms. The van der Waals surface area contributed by atoms with Crippen molar-refractivity contribution < 1.29 is 4.79 Å². The van der Waals surface area contributed by atoms with Gasteiger partial charge in [0.05, 0.1) is 13.1 Å². The first kappa shape index (κ1) is 17.0. The van der Waals surface area contributed by atoms with Gasteiger partial charge in [-0.2, -0.15) is 0 Å². The van der Waals surface area contributed by atoms with Crippen LogP contribution in [0, 0.1) is 18.3 Å². The predicted octanol–water partition coefficient (Wildman–Crippen LogP) is -0.403. The fourth-order valence-corrected chi connectivity index (χ4v) is 2.47. The van der Waals surface area contributed by atoms with E-state index in [1.54, 1.807) is 0 Å². The Morgan fingerprint density at radius 3 is 2.50 bits per heavy atom. The lowest BCUT2D eigenvalue weighted by atomic mass is 10.0. The molecule has 1 amide bonds. The van der Waals surface area contributed by atoms with Gasteiger partial charge in [0.15, 0.2) is 0 Å². The summed E-state index contributed by atoms with van der Waals surface area (Å²) in [7, 11) is 2.15. The summed E-state index contributed by atoms with van der Waals surface area (Å²) < 4.78 is 0. The van der Waals surface area contributed by atoms with Crippen LogP contribution in [-0.4, -0.2) is 74.6 Å². The van der Waals surface area contributed by atoms with Gasteiger partial charge in [0.1, 0.15) is 0 Å². The van der Waals surface area contributed by atoms with Crippen molar-refractivity contribution in [3.8, 4) is 12.3 Å². The molecule has 1 atom stereocenters. The quantitative estimate of drug-likeness (QED) is 0.492. The zero-order valence-corrected chi connectivity index (χ0v) is 13.0. The Hall–Kier alpha value is -1.09. The number of rotatable bonds is 7. The van der Waals surface area contributed by atoms with E-state index < -0.39 is 0 Å². The molecule has 1 unspecified atom stereocenters. The molecule has 1 aliphatic rings. The third kappa shape index (κ3) is 5.91. The first-order valence-electron chi connectivity index (χ1n) is 7.38. The molecule has 20 heavy (non-hydrogen) atoms. The molecule has 1 aliphatic heterocycles. The Bertz CT molecular complexity index is 329. The minimum absolute atomic E-state index is 0.0139. The highest BCUT2D eigenvalue weighted by molar-refractivity contribution is 5.78. The highest BCUT2D eigenvalue weighted by atomic mass is 16.1. The van der Waals surface area contributed by atoms with Crippen LogP contribution in [0.1, 0.15) is 13.8 Å². The summed E-state index contributed by atoms with van der Waals surface area (Å²) in [6.07, 6.45) is 5.13. The van der Waals surface area contributed by atoms with Crippen LogP contribution in [0.3, 0.4) is 0 Å². The predicted molar refractivity (Wildman–Crippen MR) is 82.4 cm³/mol. The third-order valence-electron chi connectivity index (χ3n) is 3.80. The van der Waals surface area contributed by atoms with Crippen LogP contribution < -0.4 is 10.6 Å². The number of piperazine rings is 1. The van der Waals surface area contributed by atoms with Crippen molar-refractivity contribution in [3.63, 3.8) is 0 Å². The SMILES string of the molecule is C#CCNCC(=O)NCC(C(C)C)N1CCN(C)CC1. The number of nitrogens with zero attached hydrogens (tertiary/aromatic N) is 2. The maximum absolute atomic E-state index is 11.7. The normalized spacial score (nSPS) is 18.8. The van der Waals surface area contributed by atoms with E-state index in [0.717, 1.165) is 26.2 Å². The fourth-order valence-electron chi connectivity index (χ4n) is 2.47. The number of carbonyl (C=O) groups excluding carboxylic acids is 1. The Labute approximate surface area is 123 Å². The fraction of sp³-hybridized carbons (Fsp3) is 0.800. The summed E-state index contributed by atoms with van der Waals surface area (Å²) in [5.41, 5.74) is 0. The van der Waals surface area contributed by atoms with Gasteiger partial charge in [-0.25, -0.2) is 0 Å². The van der Waals surface area contributed by atoms with E-state index in [0.29, 0.717) is 25.0 Å². The largest absolute Gasteiger partial charge is 0.353 e. The van der Waals surface area contributed by atoms with Crippen LogP contribution in [0.2, 0.25) is 0 Å². The van der Waals surface area contributed by atoms with Gasteiger partial charge in [-0.15, -0.1) is 6.42 Å². The Balaban J connectivity index is 2.36. The number of carbonyl (C=O) groups is 1. The maximum atomic E-state index is 11.7. The molecule has 1 rings (SSSR count). The first-order chi connectivity index (χ1) is 9.54. The van der Waals surface area contributed by atoms with E-state index in [1.165, 1.54) is 0 Å². The lowest BCUT2D eigenvalue weighted by Gasteiger charge is -2.39. The summed E-state index contributed by atoms with van der Waals surface area (Å²) in [6.45, 7) is 10.2. The molecule has 2 N–H and O–H groups in total. The van der Waals surface area contributed by atoms with Crippen LogP contribution in [0.4, 0.5) is 0 Å². The minimum Gasteiger partial charge on any atom is -0.353 e. The van der Waals surface area contributed by atoms with Gasteiger partial charge in [0.25, 0.3) is 0 Å². The van der Waals surface area contributed by atoms with Gasteiger partial charge in [0, 0.05) is 38.8 Å². The van der Waals surface area contributed by atoms with Crippen LogP contribution >= 0.6 is 0 Å². The monoisotopic (exact) mass is 280 g/mol. The van der Waals surface area contributed by atoms with Crippen molar-refractivity contribution in [2.75, 3.05) is 52.9 Å².